The first-order valence-corrected chi connectivity index (χ1v) is 13.8. The van der Waals surface area contributed by atoms with Crippen LogP contribution < -0.4 is 0 Å². The number of rotatable bonds is 8. The number of hydrogen-bond donors (Lipinski definition) is 1. The third kappa shape index (κ3) is 7.19. The Morgan fingerprint density at radius 2 is 1.79 bits per heavy atom. The highest BCUT2D eigenvalue weighted by atomic mass is 35.5. The van der Waals surface area contributed by atoms with Crippen molar-refractivity contribution in [3.8, 4) is 16.6 Å². The predicted molar refractivity (Wildman–Crippen MR) is 141 cm³/mol. The summed E-state index contributed by atoms with van der Waals surface area (Å²) in [7, 11) is 0. The molecule has 39 heavy (non-hydrogen) atoms. The smallest absolute Gasteiger partial charge is 0.303 e. The lowest BCUT2D eigenvalue weighted by atomic mass is 9.96. The minimum Gasteiger partial charge on any atom is -0.486 e. The molecule has 1 N–H and O–H groups in total. The van der Waals surface area contributed by atoms with E-state index < -0.39 is 47.7 Å². The zero-order chi connectivity index (χ0) is 28.3. The van der Waals surface area contributed by atoms with Crippen LogP contribution in [0.15, 0.2) is 34.7 Å². The Hall–Kier alpha value is -2.91. The summed E-state index contributed by atoms with van der Waals surface area (Å²) < 4.78 is 24.2. The molecule has 3 unspecified atom stereocenters. The molecule has 1 fully saturated rings. The van der Waals surface area contributed by atoms with Crippen molar-refractivity contribution >= 4 is 64.2 Å². The summed E-state index contributed by atoms with van der Waals surface area (Å²) in [5, 5.41) is 20.1. The third-order valence-corrected chi connectivity index (χ3v) is 7.91. The maximum Gasteiger partial charge on any atom is 0.303 e. The summed E-state index contributed by atoms with van der Waals surface area (Å²) in [4.78, 5) is 40.7. The highest BCUT2D eigenvalue weighted by Crippen LogP contribution is 2.42. The number of aromatic hydroxyl groups is 1. The SMILES string of the molecule is CC(=O)OCC1O[C@H](Sc2ccc(Cl)c(Cl)c2)C(OC(C)=O)C(n2cc(-c3csc(O)n3)nn2)[C@H]1OC(C)=O. The fourth-order valence-corrected chi connectivity index (χ4v) is 5.94. The zero-order valence-corrected chi connectivity index (χ0v) is 23.8. The summed E-state index contributed by atoms with van der Waals surface area (Å²) in [5.41, 5.74) is -0.229. The summed E-state index contributed by atoms with van der Waals surface area (Å²) >= 11 is 14.4. The van der Waals surface area contributed by atoms with Crippen LogP contribution in [0.1, 0.15) is 26.8 Å². The molecule has 0 saturated carbocycles. The number of halogens is 2. The van der Waals surface area contributed by atoms with Crippen molar-refractivity contribution in [2.24, 2.45) is 0 Å². The van der Waals surface area contributed by atoms with Crippen LogP contribution in [-0.2, 0) is 33.3 Å². The number of benzene rings is 1. The number of ether oxygens (including phenoxy) is 4. The lowest BCUT2D eigenvalue weighted by molar-refractivity contribution is -0.212. The van der Waals surface area contributed by atoms with Gasteiger partial charge in [0, 0.05) is 31.0 Å². The molecule has 12 nitrogen and oxygen atoms in total. The lowest BCUT2D eigenvalue weighted by Gasteiger charge is -2.44. The molecule has 0 aliphatic carbocycles. The summed E-state index contributed by atoms with van der Waals surface area (Å²) in [5.74, 6) is -1.85. The van der Waals surface area contributed by atoms with Crippen LogP contribution in [0, 0.1) is 0 Å². The fraction of sp³-hybridized carbons (Fsp3) is 0.391. The van der Waals surface area contributed by atoms with E-state index in [0.29, 0.717) is 26.3 Å². The standard InChI is InChI=1S/C23H22Cl2N4O8S2/c1-10(30)34-8-18-20(35-11(2)31)19(29-7-16(27-28-29)17-9-38-23(33)26-17)21(36-12(3)32)22(37-18)39-13-4-5-14(24)15(25)6-13/h4-7,9,18-22H,8H2,1-3H3,(H,26,33)/t18?,19?,20-,21?,22+/m0/s1. The molecule has 3 heterocycles. The van der Waals surface area contributed by atoms with E-state index >= 15 is 0 Å². The van der Waals surface area contributed by atoms with Crippen molar-refractivity contribution in [3.63, 3.8) is 0 Å². The quantitative estimate of drug-likeness (QED) is 0.288. The van der Waals surface area contributed by atoms with Crippen LogP contribution in [0.25, 0.3) is 11.4 Å². The monoisotopic (exact) mass is 616 g/mol. The zero-order valence-electron chi connectivity index (χ0n) is 20.6. The van der Waals surface area contributed by atoms with E-state index in [1.54, 1.807) is 23.6 Å². The Morgan fingerprint density at radius 1 is 1.08 bits per heavy atom. The first-order chi connectivity index (χ1) is 18.5. The van der Waals surface area contributed by atoms with E-state index in [4.69, 9.17) is 42.1 Å². The van der Waals surface area contributed by atoms with Gasteiger partial charge in [0.25, 0.3) is 5.19 Å². The van der Waals surface area contributed by atoms with Gasteiger partial charge in [-0.2, -0.15) is 0 Å². The van der Waals surface area contributed by atoms with E-state index in [2.05, 4.69) is 15.3 Å². The Balaban J connectivity index is 1.79. The molecule has 0 amide bonds. The molecular formula is C23H22Cl2N4O8S2. The average molecular weight is 617 g/mol. The van der Waals surface area contributed by atoms with Gasteiger partial charge in [0.2, 0.25) is 0 Å². The van der Waals surface area contributed by atoms with Gasteiger partial charge in [0.05, 0.1) is 16.2 Å². The molecule has 208 valence electrons. The van der Waals surface area contributed by atoms with Crippen molar-refractivity contribution in [1.29, 1.82) is 0 Å². The minimum absolute atomic E-state index is 0.152. The number of nitrogens with zero attached hydrogens (tertiary/aromatic N) is 4. The normalized spacial score (nSPS) is 22.7. The highest BCUT2D eigenvalue weighted by Gasteiger charge is 2.52. The summed E-state index contributed by atoms with van der Waals surface area (Å²) in [6.07, 6.45) is -1.65. The van der Waals surface area contributed by atoms with Crippen molar-refractivity contribution in [3.05, 3.63) is 39.8 Å². The van der Waals surface area contributed by atoms with Gasteiger partial charge in [-0.15, -0.1) is 5.10 Å². The van der Waals surface area contributed by atoms with Crippen LogP contribution in [0.5, 0.6) is 5.19 Å². The van der Waals surface area contributed by atoms with Crippen molar-refractivity contribution in [1.82, 2.24) is 20.0 Å². The van der Waals surface area contributed by atoms with Crippen LogP contribution in [0.2, 0.25) is 10.0 Å². The van der Waals surface area contributed by atoms with Gasteiger partial charge in [-0.05, 0) is 18.2 Å². The largest absolute Gasteiger partial charge is 0.486 e. The molecular weight excluding hydrogens is 595 g/mol. The highest BCUT2D eigenvalue weighted by molar-refractivity contribution is 7.99. The Kier molecular flexibility index (Phi) is 9.33. The second-order valence-electron chi connectivity index (χ2n) is 8.28. The second-order valence-corrected chi connectivity index (χ2v) is 11.1. The minimum atomic E-state index is -1.12. The first kappa shape index (κ1) is 29.1. The van der Waals surface area contributed by atoms with Crippen molar-refractivity contribution < 1.29 is 38.4 Å². The van der Waals surface area contributed by atoms with Crippen molar-refractivity contribution in [2.75, 3.05) is 6.61 Å². The number of aromatic nitrogens is 4. The number of thiazole rings is 1. The molecule has 1 aliphatic rings. The molecule has 0 bridgehead atoms. The van der Waals surface area contributed by atoms with Gasteiger partial charge in [0.15, 0.2) is 12.2 Å². The Morgan fingerprint density at radius 3 is 2.41 bits per heavy atom. The molecule has 2 aromatic heterocycles. The molecule has 5 atom stereocenters. The van der Waals surface area contributed by atoms with E-state index in [0.717, 1.165) is 11.3 Å². The van der Waals surface area contributed by atoms with Gasteiger partial charge >= 0.3 is 17.9 Å². The second kappa shape index (κ2) is 12.5. The third-order valence-electron chi connectivity index (χ3n) is 5.39. The van der Waals surface area contributed by atoms with E-state index in [-0.39, 0.29) is 11.8 Å². The average Bonchev–Trinajstić information content (AvgIpc) is 3.50. The van der Waals surface area contributed by atoms with Gasteiger partial charge in [0.1, 0.15) is 35.6 Å². The first-order valence-electron chi connectivity index (χ1n) is 11.3. The predicted octanol–water partition coefficient (Wildman–Crippen LogP) is 3.90. The number of esters is 3. The number of hydrogen-bond acceptors (Lipinski definition) is 13. The van der Waals surface area contributed by atoms with Crippen LogP contribution in [-0.4, -0.2) is 73.3 Å². The molecule has 3 aromatic rings. The molecule has 1 saturated heterocycles. The molecule has 16 heteroatoms. The lowest BCUT2D eigenvalue weighted by Crippen LogP contribution is -2.57. The van der Waals surface area contributed by atoms with Crippen LogP contribution in [0.4, 0.5) is 0 Å². The molecule has 4 rings (SSSR count). The number of carbonyl (C=O) groups excluding carboxylic acids is 3. The fourth-order valence-electron chi connectivity index (χ4n) is 3.88. The topological polar surface area (TPSA) is 152 Å². The Bertz CT molecular complexity index is 1370. The van der Waals surface area contributed by atoms with Gasteiger partial charge in [-0.25, -0.2) is 9.67 Å². The van der Waals surface area contributed by atoms with Gasteiger partial charge in [-0.3, -0.25) is 14.4 Å². The molecule has 1 aliphatic heterocycles. The van der Waals surface area contributed by atoms with Crippen LogP contribution in [0.3, 0.4) is 0 Å². The Labute approximate surface area is 240 Å². The van der Waals surface area contributed by atoms with E-state index in [9.17, 15) is 19.5 Å². The summed E-state index contributed by atoms with van der Waals surface area (Å²) in [6, 6.07) is 3.97. The van der Waals surface area contributed by atoms with Gasteiger partial charge < -0.3 is 24.1 Å². The molecule has 1 aromatic carbocycles. The van der Waals surface area contributed by atoms with Crippen molar-refractivity contribution in [2.45, 2.75) is 55.5 Å². The maximum atomic E-state index is 12.3. The molecule has 0 radical (unpaired) electrons. The van der Waals surface area contributed by atoms with Gasteiger partial charge in [-0.1, -0.05) is 51.5 Å². The van der Waals surface area contributed by atoms with Crippen LogP contribution >= 0.6 is 46.3 Å². The number of thioether (sulfide) groups is 1. The van der Waals surface area contributed by atoms with E-state index in [1.807, 2.05) is 0 Å². The number of carbonyl (C=O) groups is 3. The van der Waals surface area contributed by atoms with E-state index in [1.165, 1.54) is 43.4 Å². The summed E-state index contributed by atoms with van der Waals surface area (Å²) in [6.45, 7) is 3.41. The maximum absolute atomic E-state index is 12.3. The molecule has 0 spiro atoms.